The Balaban J connectivity index is 1.59. The zero-order valence-corrected chi connectivity index (χ0v) is 14.4. The highest BCUT2D eigenvalue weighted by Gasteiger charge is 2.19. The van der Waals surface area contributed by atoms with Gasteiger partial charge in [0.25, 0.3) is 11.8 Å². The molecule has 1 aliphatic rings. The van der Waals surface area contributed by atoms with Crippen molar-refractivity contribution in [2.45, 2.75) is 20.4 Å². The Bertz CT molecular complexity index is 742. The number of nitrogens with zero attached hydrogens (tertiary/aromatic N) is 2. The zero-order valence-electron chi connectivity index (χ0n) is 14.4. The van der Waals surface area contributed by atoms with E-state index in [9.17, 15) is 9.59 Å². The maximum Gasteiger partial charge on any atom is 0.257 e. The first-order valence-corrected chi connectivity index (χ1v) is 8.23. The molecular formula is C18H21N3O4. The molecular weight excluding hydrogens is 322 g/mol. The van der Waals surface area contributed by atoms with E-state index in [0.717, 1.165) is 5.56 Å². The minimum atomic E-state index is -0.218. The summed E-state index contributed by atoms with van der Waals surface area (Å²) in [6.45, 7) is 6.21. The number of carbonyl (C=O) groups excluding carboxylic acids is 2. The summed E-state index contributed by atoms with van der Waals surface area (Å²) in [5, 5.41) is 6.63. The molecule has 1 aromatic heterocycles. The third-order valence-corrected chi connectivity index (χ3v) is 4.21. The molecule has 1 aromatic carbocycles. The van der Waals surface area contributed by atoms with Crippen molar-refractivity contribution in [3.05, 3.63) is 52.4 Å². The lowest BCUT2D eigenvalue weighted by Gasteiger charge is -2.26. The molecule has 3 rings (SSSR count). The highest BCUT2D eigenvalue weighted by atomic mass is 16.5. The smallest absolute Gasteiger partial charge is 0.257 e. The molecule has 0 atom stereocenters. The van der Waals surface area contributed by atoms with E-state index in [4.69, 9.17) is 9.26 Å². The first-order chi connectivity index (χ1) is 12.1. The Kier molecular flexibility index (Phi) is 5.14. The van der Waals surface area contributed by atoms with Crippen molar-refractivity contribution in [2.24, 2.45) is 0 Å². The van der Waals surface area contributed by atoms with Crippen LogP contribution >= 0.6 is 0 Å². The average molecular weight is 343 g/mol. The number of aromatic nitrogens is 1. The van der Waals surface area contributed by atoms with Gasteiger partial charge in [0.1, 0.15) is 11.3 Å². The van der Waals surface area contributed by atoms with Crippen LogP contribution < -0.4 is 5.32 Å². The number of ether oxygens (including phenoxy) is 1. The Hall–Kier alpha value is -2.67. The van der Waals surface area contributed by atoms with E-state index in [1.165, 1.54) is 0 Å². The van der Waals surface area contributed by atoms with Gasteiger partial charge in [-0.2, -0.15) is 0 Å². The van der Waals surface area contributed by atoms with E-state index in [-0.39, 0.29) is 11.8 Å². The quantitative estimate of drug-likeness (QED) is 0.913. The lowest BCUT2D eigenvalue weighted by Crippen LogP contribution is -2.40. The Morgan fingerprint density at radius 3 is 2.44 bits per heavy atom. The summed E-state index contributed by atoms with van der Waals surface area (Å²) in [7, 11) is 0. The van der Waals surface area contributed by atoms with Crippen molar-refractivity contribution < 1.29 is 18.8 Å². The van der Waals surface area contributed by atoms with Crippen LogP contribution in [0.1, 0.15) is 37.7 Å². The molecule has 1 saturated heterocycles. The van der Waals surface area contributed by atoms with Gasteiger partial charge in [-0.1, -0.05) is 17.3 Å². The summed E-state index contributed by atoms with van der Waals surface area (Å²) in [6, 6.07) is 7.27. The fourth-order valence-electron chi connectivity index (χ4n) is 2.79. The van der Waals surface area contributed by atoms with Gasteiger partial charge in [0.15, 0.2) is 0 Å². The molecule has 2 aromatic rings. The first kappa shape index (κ1) is 17.2. The van der Waals surface area contributed by atoms with Crippen LogP contribution in [-0.4, -0.2) is 48.2 Å². The van der Waals surface area contributed by atoms with Crippen LogP contribution in [0.15, 0.2) is 28.8 Å². The molecule has 0 radical (unpaired) electrons. The number of amides is 2. The molecule has 2 heterocycles. The van der Waals surface area contributed by atoms with Crippen LogP contribution in [0, 0.1) is 13.8 Å². The minimum Gasteiger partial charge on any atom is -0.378 e. The van der Waals surface area contributed by atoms with Crippen molar-refractivity contribution in [1.29, 1.82) is 0 Å². The van der Waals surface area contributed by atoms with Gasteiger partial charge in [0.05, 0.1) is 18.9 Å². The van der Waals surface area contributed by atoms with Crippen molar-refractivity contribution in [3.8, 4) is 0 Å². The van der Waals surface area contributed by atoms with Crippen molar-refractivity contribution in [1.82, 2.24) is 15.4 Å². The lowest BCUT2D eigenvalue weighted by molar-refractivity contribution is 0.0303. The molecule has 25 heavy (non-hydrogen) atoms. The Labute approximate surface area is 145 Å². The predicted octanol–water partition coefficient (Wildman–Crippen LogP) is 1.69. The van der Waals surface area contributed by atoms with Crippen LogP contribution in [-0.2, 0) is 11.3 Å². The molecule has 0 spiro atoms. The van der Waals surface area contributed by atoms with Crippen LogP contribution in [0.5, 0.6) is 0 Å². The van der Waals surface area contributed by atoms with E-state index < -0.39 is 0 Å². The SMILES string of the molecule is Cc1noc(C)c1C(=O)NCc1ccc(C(=O)N2CCOCC2)cc1. The second kappa shape index (κ2) is 7.48. The van der Waals surface area contributed by atoms with Gasteiger partial charge in [-0.05, 0) is 31.5 Å². The van der Waals surface area contributed by atoms with Crippen LogP contribution in [0.25, 0.3) is 0 Å². The summed E-state index contributed by atoms with van der Waals surface area (Å²) in [6.07, 6.45) is 0. The summed E-state index contributed by atoms with van der Waals surface area (Å²) < 4.78 is 10.3. The molecule has 1 N–H and O–H groups in total. The molecule has 7 nitrogen and oxygen atoms in total. The van der Waals surface area contributed by atoms with Gasteiger partial charge in [-0.15, -0.1) is 0 Å². The Morgan fingerprint density at radius 2 is 1.84 bits per heavy atom. The number of aryl methyl sites for hydroxylation is 2. The van der Waals surface area contributed by atoms with Crippen molar-refractivity contribution >= 4 is 11.8 Å². The number of morpholine rings is 1. The van der Waals surface area contributed by atoms with E-state index >= 15 is 0 Å². The van der Waals surface area contributed by atoms with Crippen LogP contribution in [0.4, 0.5) is 0 Å². The predicted molar refractivity (Wildman–Crippen MR) is 90.3 cm³/mol. The van der Waals surface area contributed by atoms with E-state index in [0.29, 0.717) is 55.4 Å². The van der Waals surface area contributed by atoms with E-state index in [1.54, 1.807) is 30.9 Å². The fourth-order valence-corrected chi connectivity index (χ4v) is 2.79. The standard InChI is InChI=1S/C18H21N3O4/c1-12-16(13(2)25-20-12)17(22)19-11-14-3-5-15(6-4-14)18(23)21-7-9-24-10-8-21/h3-6H,7-11H2,1-2H3,(H,19,22). The van der Waals surface area contributed by atoms with Gasteiger partial charge >= 0.3 is 0 Å². The monoisotopic (exact) mass is 343 g/mol. The number of hydrogen-bond donors (Lipinski definition) is 1. The summed E-state index contributed by atoms with van der Waals surface area (Å²) in [5.74, 6) is 0.292. The number of rotatable bonds is 4. The van der Waals surface area contributed by atoms with Crippen molar-refractivity contribution in [3.63, 3.8) is 0 Å². The molecule has 1 aliphatic heterocycles. The minimum absolute atomic E-state index is 0.00890. The molecule has 0 unspecified atom stereocenters. The molecule has 0 bridgehead atoms. The number of nitrogens with one attached hydrogen (secondary N) is 1. The lowest BCUT2D eigenvalue weighted by atomic mass is 10.1. The van der Waals surface area contributed by atoms with Gasteiger partial charge < -0.3 is 19.5 Å². The topological polar surface area (TPSA) is 84.7 Å². The second-order valence-electron chi connectivity index (χ2n) is 5.98. The summed E-state index contributed by atoms with van der Waals surface area (Å²) in [4.78, 5) is 26.4. The molecule has 1 fully saturated rings. The number of carbonyl (C=O) groups is 2. The van der Waals surface area contributed by atoms with Gasteiger partial charge in [0, 0.05) is 25.2 Å². The highest BCUT2D eigenvalue weighted by molar-refractivity contribution is 5.96. The number of hydrogen-bond acceptors (Lipinski definition) is 5. The van der Waals surface area contributed by atoms with Gasteiger partial charge in [-0.3, -0.25) is 9.59 Å². The molecule has 132 valence electrons. The molecule has 0 aliphatic carbocycles. The third-order valence-electron chi connectivity index (χ3n) is 4.21. The summed E-state index contributed by atoms with van der Waals surface area (Å²) >= 11 is 0. The maximum absolute atomic E-state index is 12.4. The average Bonchev–Trinajstić information content (AvgIpc) is 2.99. The zero-order chi connectivity index (χ0) is 17.8. The first-order valence-electron chi connectivity index (χ1n) is 8.23. The van der Waals surface area contributed by atoms with E-state index in [2.05, 4.69) is 10.5 Å². The largest absolute Gasteiger partial charge is 0.378 e. The highest BCUT2D eigenvalue weighted by Crippen LogP contribution is 2.13. The molecule has 2 amide bonds. The molecule has 7 heteroatoms. The Morgan fingerprint density at radius 1 is 1.16 bits per heavy atom. The van der Waals surface area contributed by atoms with Gasteiger partial charge in [0.2, 0.25) is 0 Å². The fraction of sp³-hybridized carbons (Fsp3) is 0.389. The van der Waals surface area contributed by atoms with Crippen LogP contribution in [0.3, 0.4) is 0 Å². The van der Waals surface area contributed by atoms with Crippen LogP contribution in [0.2, 0.25) is 0 Å². The van der Waals surface area contributed by atoms with Crippen molar-refractivity contribution in [2.75, 3.05) is 26.3 Å². The molecule has 0 saturated carbocycles. The maximum atomic E-state index is 12.4. The number of benzene rings is 1. The normalized spacial score (nSPS) is 14.4. The van der Waals surface area contributed by atoms with E-state index in [1.807, 2.05) is 12.1 Å². The second-order valence-corrected chi connectivity index (χ2v) is 5.98. The van der Waals surface area contributed by atoms with Gasteiger partial charge in [-0.25, -0.2) is 0 Å². The summed E-state index contributed by atoms with van der Waals surface area (Å²) in [5.41, 5.74) is 2.60. The third kappa shape index (κ3) is 3.88.